The fourth-order valence-corrected chi connectivity index (χ4v) is 2.68. The summed E-state index contributed by atoms with van der Waals surface area (Å²) in [5.74, 6) is 0. The molecule has 0 radical (unpaired) electrons. The topological polar surface area (TPSA) is 31.4 Å². The van der Waals surface area contributed by atoms with E-state index in [1.807, 2.05) is 12.4 Å². The Kier molecular flexibility index (Phi) is 5.62. The average molecular weight is 288 g/mol. The molecule has 1 aromatic rings. The fraction of sp³-hybridized carbons (Fsp3) is 0.588. The SMILES string of the molecule is CC(C)=CCN1CCC(Nc2cnccc2N(C)C)CC1. The number of piperidine rings is 1. The summed E-state index contributed by atoms with van der Waals surface area (Å²) in [7, 11) is 4.14. The number of anilines is 2. The molecule has 2 heterocycles. The molecule has 4 heteroatoms. The summed E-state index contributed by atoms with van der Waals surface area (Å²) in [6, 6.07) is 2.61. The quantitative estimate of drug-likeness (QED) is 0.844. The number of nitrogens with zero attached hydrogens (tertiary/aromatic N) is 3. The van der Waals surface area contributed by atoms with Gasteiger partial charge in [0.15, 0.2) is 0 Å². The standard InChI is InChI=1S/C17H28N4/c1-14(2)6-10-21-11-7-15(8-12-21)19-16-13-18-9-5-17(16)20(3)4/h5-6,9,13,15,19H,7-8,10-12H2,1-4H3. The van der Waals surface area contributed by atoms with Crippen LogP contribution in [0.4, 0.5) is 11.4 Å². The third-order valence-corrected chi connectivity index (χ3v) is 3.98. The molecule has 0 spiro atoms. The van der Waals surface area contributed by atoms with Gasteiger partial charge in [0.1, 0.15) is 0 Å². The largest absolute Gasteiger partial charge is 0.379 e. The number of pyridine rings is 1. The van der Waals surface area contributed by atoms with Crippen LogP contribution in [0.25, 0.3) is 0 Å². The summed E-state index contributed by atoms with van der Waals surface area (Å²) in [6.07, 6.45) is 8.49. The van der Waals surface area contributed by atoms with Gasteiger partial charge in [-0.05, 0) is 32.8 Å². The van der Waals surface area contributed by atoms with Crippen LogP contribution in [0.1, 0.15) is 26.7 Å². The Hall–Kier alpha value is -1.55. The van der Waals surface area contributed by atoms with Crippen molar-refractivity contribution in [3.8, 4) is 0 Å². The van der Waals surface area contributed by atoms with Crippen molar-refractivity contribution in [2.75, 3.05) is 43.9 Å². The van der Waals surface area contributed by atoms with E-state index >= 15 is 0 Å². The first kappa shape index (κ1) is 15.8. The first-order valence-electron chi connectivity index (χ1n) is 7.80. The highest BCUT2D eigenvalue weighted by molar-refractivity contribution is 5.68. The summed E-state index contributed by atoms with van der Waals surface area (Å²) < 4.78 is 0. The second-order valence-electron chi connectivity index (χ2n) is 6.29. The predicted octanol–water partition coefficient (Wildman–Crippen LogP) is 2.99. The highest BCUT2D eigenvalue weighted by Gasteiger charge is 2.19. The van der Waals surface area contributed by atoms with E-state index in [2.05, 4.69) is 60.2 Å². The molecule has 0 amide bonds. The van der Waals surface area contributed by atoms with Crippen molar-refractivity contribution in [1.29, 1.82) is 0 Å². The van der Waals surface area contributed by atoms with Crippen LogP contribution in [0.2, 0.25) is 0 Å². The minimum atomic E-state index is 0.552. The third kappa shape index (κ3) is 4.74. The van der Waals surface area contributed by atoms with Crippen LogP contribution in [-0.2, 0) is 0 Å². The second-order valence-corrected chi connectivity index (χ2v) is 6.29. The number of rotatable bonds is 5. The number of hydrogen-bond acceptors (Lipinski definition) is 4. The zero-order valence-corrected chi connectivity index (χ0v) is 13.8. The van der Waals surface area contributed by atoms with E-state index in [4.69, 9.17) is 0 Å². The molecule has 21 heavy (non-hydrogen) atoms. The fourth-order valence-electron chi connectivity index (χ4n) is 2.68. The van der Waals surface area contributed by atoms with Crippen molar-refractivity contribution in [3.63, 3.8) is 0 Å². The molecule has 0 unspecified atom stereocenters. The molecule has 1 aliphatic rings. The van der Waals surface area contributed by atoms with Crippen LogP contribution in [0.5, 0.6) is 0 Å². The summed E-state index contributed by atoms with van der Waals surface area (Å²) >= 11 is 0. The van der Waals surface area contributed by atoms with Crippen LogP contribution >= 0.6 is 0 Å². The monoisotopic (exact) mass is 288 g/mol. The Bertz CT molecular complexity index is 469. The molecule has 1 N–H and O–H groups in total. The average Bonchev–Trinajstić information content (AvgIpc) is 2.47. The van der Waals surface area contributed by atoms with Crippen molar-refractivity contribution < 1.29 is 0 Å². The normalized spacial score (nSPS) is 16.6. The number of likely N-dealkylation sites (tertiary alicyclic amines) is 1. The number of allylic oxidation sites excluding steroid dienone is 1. The number of nitrogens with one attached hydrogen (secondary N) is 1. The number of hydrogen-bond donors (Lipinski definition) is 1. The molecule has 2 rings (SSSR count). The first-order valence-corrected chi connectivity index (χ1v) is 7.80. The summed E-state index contributed by atoms with van der Waals surface area (Å²) in [6.45, 7) is 7.75. The molecule has 0 atom stereocenters. The van der Waals surface area contributed by atoms with E-state index in [9.17, 15) is 0 Å². The lowest BCUT2D eigenvalue weighted by Crippen LogP contribution is -2.39. The van der Waals surface area contributed by atoms with Gasteiger partial charge in [-0.1, -0.05) is 11.6 Å². The Balaban J connectivity index is 1.88. The van der Waals surface area contributed by atoms with Gasteiger partial charge in [0.2, 0.25) is 0 Å². The van der Waals surface area contributed by atoms with Crippen LogP contribution in [0, 0.1) is 0 Å². The van der Waals surface area contributed by atoms with Crippen LogP contribution in [-0.4, -0.2) is 49.7 Å². The molecule has 0 saturated carbocycles. The van der Waals surface area contributed by atoms with Gasteiger partial charge < -0.3 is 10.2 Å². The first-order chi connectivity index (χ1) is 10.1. The van der Waals surface area contributed by atoms with Gasteiger partial charge in [0.25, 0.3) is 0 Å². The molecular weight excluding hydrogens is 260 g/mol. The van der Waals surface area contributed by atoms with Crippen LogP contribution < -0.4 is 10.2 Å². The molecule has 1 aliphatic heterocycles. The lowest BCUT2D eigenvalue weighted by atomic mass is 10.0. The molecule has 1 saturated heterocycles. The highest BCUT2D eigenvalue weighted by Crippen LogP contribution is 2.25. The smallest absolute Gasteiger partial charge is 0.0766 e. The maximum atomic E-state index is 4.25. The molecular formula is C17H28N4. The minimum absolute atomic E-state index is 0.552. The van der Waals surface area contributed by atoms with Gasteiger partial charge in [-0.2, -0.15) is 0 Å². The minimum Gasteiger partial charge on any atom is -0.379 e. The Morgan fingerprint density at radius 3 is 2.71 bits per heavy atom. The Labute approximate surface area is 128 Å². The molecule has 0 aliphatic carbocycles. The third-order valence-electron chi connectivity index (χ3n) is 3.98. The number of aromatic nitrogens is 1. The second kappa shape index (κ2) is 7.46. The van der Waals surface area contributed by atoms with Gasteiger partial charge in [0.05, 0.1) is 17.6 Å². The predicted molar refractivity (Wildman–Crippen MR) is 91.1 cm³/mol. The van der Waals surface area contributed by atoms with Gasteiger partial charge >= 0.3 is 0 Å². The summed E-state index contributed by atoms with van der Waals surface area (Å²) in [5, 5.41) is 3.67. The van der Waals surface area contributed by atoms with Crippen LogP contribution in [0.3, 0.4) is 0 Å². The van der Waals surface area contributed by atoms with Crippen molar-refractivity contribution in [1.82, 2.24) is 9.88 Å². The van der Waals surface area contributed by atoms with E-state index < -0.39 is 0 Å². The molecule has 0 bridgehead atoms. The van der Waals surface area contributed by atoms with Gasteiger partial charge in [-0.25, -0.2) is 0 Å². The summed E-state index contributed by atoms with van der Waals surface area (Å²) in [4.78, 5) is 8.91. The van der Waals surface area contributed by atoms with Crippen molar-refractivity contribution in [2.45, 2.75) is 32.7 Å². The van der Waals surface area contributed by atoms with E-state index in [-0.39, 0.29) is 0 Å². The zero-order valence-electron chi connectivity index (χ0n) is 13.8. The van der Waals surface area contributed by atoms with E-state index in [1.165, 1.54) is 37.2 Å². The maximum Gasteiger partial charge on any atom is 0.0766 e. The Morgan fingerprint density at radius 1 is 1.38 bits per heavy atom. The molecule has 0 aromatic carbocycles. The van der Waals surface area contributed by atoms with Gasteiger partial charge in [-0.3, -0.25) is 9.88 Å². The Morgan fingerprint density at radius 2 is 2.10 bits per heavy atom. The molecule has 1 fully saturated rings. The zero-order chi connectivity index (χ0) is 15.2. The van der Waals surface area contributed by atoms with Crippen molar-refractivity contribution >= 4 is 11.4 Å². The van der Waals surface area contributed by atoms with E-state index in [0.29, 0.717) is 6.04 Å². The van der Waals surface area contributed by atoms with Crippen molar-refractivity contribution in [2.24, 2.45) is 0 Å². The highest BCUT2D eigenvalue weighted by atomic mass is 15.1. The lowest BCUT2D eigenvalue weighted by molar-refractivity contribution is 0.240. The van der Waals surface area contributed by atoms with E-state index in [1.54, 1.807) is 0 Å². The maximum absolute atomic E-state index is 4.25. The van der Waals surface area contributed by atoms with Gasteiger partial charge in [0, 0.05) is 46.0 Å². The molecule has 1 aromatic heterocycles. The van der Waals surface area contributed by atoms with Crippen LogP contribution in [0.15, 0.2) is 30.1 Å². The molecule has 4 nitrogen and oxygen atoms in total. The van der Waals surface area contributed by atoms with Gasteiger partial charge in [-0.15, -0.1) is 0 Å². The molecule has 116 valence electrons. The van der Waals surface area contributed by atoms with Crippen molar-refractivity contribution in [3.05, 3.63) is 30.1 Å². The summed E-state index contributed by atoms with van der Waals surface area (Å²) in [5.41, 5.74) is 3.75. The lowest BCUT2D eigenvalue weighted by Gasteiger charge is -2.33. The van der Waals surface area contributed by atoms with E-state index in [0.717, 1.165) is 12.2 Å².